The molecule has 9 nitrogen and oxygen atoms in total. The lowest BCUT2D eigenvalue weighted by atomic mass is 10.1. The number of benzene rings is 2. The molecular weight excluding hydrogens is 360 g/mol. The Morgan fingerprint density at radius 3 is 2.68 bits per heavy atom. The summed E-state index contributed by atoms with van der Waals surface area (Å²) in [4.78, 5) is 30.6. The van der Waals surface area contributed by atoms with Crippen molar-refractivity contribution < 1.29 is 9.90 Å². The number of nitrogens with one attached hydrogen (secondary N) is 2. The van der Waals surface area contributed by atoms with Crippen molar-refractivity contribution in [3.05, 3.63) is 76.8 Å². The zero-order valence-corrected chi connectivity index (χ0v) is 14.7. The van der Waals surface area contributed by atoms with Gasteiger partial charge >= 0.3 is 0 Å². The number of nitrogens with zero attached hydrogens (tertiary/aromatic N) is 3. The minimum Gasteiger partial charge on any atom is -0.387 e. The molecule has 1 unspecified atom stereocenters. The Balaban J connectivity index is 1.79. The summed E-state index contributed by atoms with van der Waals surface area (Å²) in [7, 11) is 0. The van der Waals surface area contributed by atoms with E-state index in [1.54, 1.807) is 30.3 Å². The molecule has 0 spiro atoms. The fraction of sp³-hybridized carbons (Fsp3) is 0.105. The van der Waals surface area contributed by atoms with Gasteiger partial charge in [0.05, 0.1) is 11.7 Å². The summed E-state index contributed by atoms with van der Waals surface area (Å²) in [5.74, 6) is -0.329. The topological polar surface area (TPSA) is 143 Å². The summed E-state index contributed by atoms with van der Waals surface area (Å²) in [5.41, 5.74) is 7.01. The third-order valence-corrected chi connectivity index (χ3v) is 3.91. The van der Waals surface area contributed by atoms with E-state index in [1.807, 2.05) is 18.2 Å². The Hall–Kier alpha value is -3.85. The smallest absolute Gasteiger partial charge is 0.254 e. The molecule has 1 heterocycles. The Morgan fingerprint density at radius 1 is 1.18 bits per heavy atom. The van der Waals surface area contributed by atoms with Crippen LogP contribution in [-0.2, 0) is 0 Å². The number of nitrogens with two attached hydrogens (primary N) is 1. The van der Waals surface area contributed by atoms with E-state index in [0.29, 0.717) is 5.69 Å². The van der Waals surface area contributed by atoms with Crippen molar-refractivity contribution in [2.75, 3.05) is 17.2 Å². The number of rotatable bonds is 8. The molecule has 0 radical (unpaired) electrons. The Labute approximate surface area is 160 Å². The van der Waals surface area contributed by atoms with E-state index in [1.165, 1.54) is 12.3 Å². The van der Waals surface area contributed by atoms with Gasteiger partial charge in [-0.25, -0.2) is 4.98 Å². The van der Waals surface area contributed by atoms with Crippen LogP contribution in [0.5, 0.6) is 0 Å². The average Bonchev–Trinajstić information content (AvgIpc) is 2.72. The van der Waals surface area contributed by atoms with Crippen molar-refractivity contribution in [1.82, 2.24) is 9.97 Å². The number of amides is 1. The maximum Gasteiger partial charge on any atom is 0.254 e. The molecule has 9 heteroatoms. The highest BCUT2D eigenvalue weighted by Gasteiger charge is 2.14. The number of aliphatic hydroxyl groups excluding tert-OH is 1. The summed E-state index contributed by atoms with van der Waals surface area (Å²) in [6.07, 6.45) is 0.486. The molecule has 0 bridgehead atoms. The maximum atomic E-state index is 11.7. The molecule has 0 aliphatic rings. The molecule has 1 amide bonds. The number of aromatic nitrogens is 2. The molecule has 5 N–H and O–H groups in total. The minimum absolute atomic E-state index is 0.0918. The van der Waals surface area contributed by atoms with Crippen molar-refractivity contribution >= 4 is 29.0 Å². The van der Waals surface area contributed by atoms with E-state index in [0.717, 1.165) is 5.56 Å². The summed E-state index contributed by atoms with van der Waals surface area (Å²) in [5, 5.41) is 19.0. The first-order valence-electron chi connectivity index (χ1n) is 8.41. The highest BCUT2D eigenvalue weighted by atomic mass is 16.3. The SMILES string of the molecule is NC(=O)c1cnc(Nc2cccc(N=O)c2)nc1NCC(O)c1ccccc1. The van der Waals surface area contributed by atoms with Crippen LogP contribution in [0.25, 0.3) is 0 Å². The molecular formula is C19H18N6O3. The lowest BCUT2D eigenvalue weighted by molar-refractivity contribution is 0.1000. The van der Waals surface area contributed by atoms with E-state index in [9.17, 15) is 14.8 Å². The van der Waals surface area contributed by atoms with E-state index >= 15 is 0 Å². The van der Waals surface area contributed by atoms with Crippen LogP contribution in [0.2, 0.25) is 0 Å². The third kappa shape index (κ3) is 4.65. The van der Waals surface area contributed by atoms with Crippen molar-refractivity contribution in [3.8, 4) is 0 Å². The van der Waals surface area contributed by atoms with Gasteiger partial charge < -0.3 is 21.5 Å². The van der Waals surface area contributed by atoms with E-state index in [-0.39, 0.29) is 29.6 Å². The first kappa shape index (κ1) is 18.9. The third-order valence-electron chi connectivity index (χ3n) is 3.91. The number of nitroso groups, excluding NO2 is 1. The lowest BCUT2D eigenvalue weighted by Gasteiger charge is -2.15. The highest BCUT2D eigenvalue weighted by molar-refractivity contribution is 5.97. The van der Waals surface area contributed by atoms with Gasteiger partial charge in [0.25, 0.3) is 5.91 Å². The van der Waals surface area contributed by atoms with Crippen LogP contribution < -0.4 is 16.4 Å². The number of carbonyl (C=O) groups is 1. The molecule has 1 atom stereocenters. The first-order chi connectivity index (χ1) is 13.6. The fourth-order valence-electron chi connectivity index (χ4n) is 2.51. The van der Waals surface area contributed by atoms with Gasteiger partial charge in [0.2, 0.25) is 5.95 Å². The summed E-state index contributed by atoms with van der Waals surface area (Å²) >= 11 is 0. The van der Waals surface area contributed by atoms with Crippen LogP contribution in [0.4, 0.5) is 23.1 Å². The predicted molar refractivity (Wildman–Crippen MR) is 106 cm³/mol. The molecule has 0 saturated carbocycles. The van der Waals surface area contributed by atoms with Gasteiger partial charge in [0.1, 0.15) is 11.5 Å². The summed E-state index contributed by atoms with van der Waals surface area (Å²) < 4.78 is 0. The average molecular weight is 378 g/mol. The molecule has 142 valence electrons. The van der Waals surface area contributed by atoms with E-state index in [2.05, 4.69) is 25.8 Å². The Morgan fingerprint density at radius 2 is 1.96 bits per heavy atom. The molecule has 3 aromatic rings. The largest absolute Gasteiger partial charge is 0.387 e. The second kappa shape index (κ2) is 8.69. The van der Waals surface area contributed by atoms with Gasteiger partial charge in [0.15, 0.2) is 0 Å². The van der Waals surface area contributed by atoms with Gasteiger partial charge in [-0.2, -0.15) is 4.98 Å². The number of aliphatic hydroxyl groups is 1. The lowest BCUT2D eigenvalue weighted by Crippen LogP contribution is -2.19. The van der Waals surface area contributed by atoms with Crippen LogP contribution in [0.1, 0.15) is 22.0 Å². The molecule has 28 heavy (non-hydrogen) atoms. The van der Waals surface area contributed by atoms with E-state index < -0.39 is 12.0 Å². The van der Waals surface area contributed by atoms with Crippen LogP contribution in [0.3, 0.4) is 0 Å². The zero-order valence-electron chi connectivity index (χ0n) is 14.7. The quantitative estimate of drug-likeness (QED) is 0.441. The van der Waals surface area contributed by atoms with Crippen molar-refractivity contribution in [2.45, 2.75) is 6.10 Å². The van der Waals surface area contributed by atoms with Crippen LogP contribution in [0.15, 0.2) is 66.0 Å². The van der Waals surface area contributed by atoms with Crippen LogP contribution >= 0.6 is 0 Å². The van der Waals surface area contributed by atoms with Gasteiger partial charge in [0, 0.05) is 18.4 Å². The molecule has 0 fully saturated rings. The molecule has 0 aliphatic heterocycles. The van der Waals surface area contributed by atoms with Gasteiger partial charge in [-0.1, -0.05) is 36.4 Å². The van der Waals surface area contributed by atoms with Crippen LogP contribution in [0, 0.1) is 4.91 Å². The maximum absolute atomic E-state index is 11.7. The summed E-state index contributed by atoms with van der Waals surface area (Å²) in [6, 6.07) is 15.6. The van der Waals surface area contributed by atoms with Gasteiger partial charge in [-0.3, -0.25) is 4.79 Å². The normalized spacial score (nSPS) is 11.5. The zero-order chi connectivity index (χ0) is 19.9. The first-order valence-corrected chi connectivity index (χ1v) is 8.41. The second-order valence-corrected chi connectivity index (χ2v) is 5.89. The number of anilines is 3. The highest BCUT2D eigenvalue weighted by Crippen LogP contribution is 2.22. The molecule has 3 rings (SSSR count). The monoisotopic (exact) mass is 378 g/mol. The predicted octanol–water partition coefficient (Wildman–Crippen LogP) is 2.86. The minimum atomic E-state index is -0.802. The standard InChI is InChI=1S/C19H18N6O3/c20-17(27)15-10-22-19(23-13-7-4-8-14(9-13)25-28)24-18(15)21-11-16(26)12-5-2-1-3-6-12/h1-10,16,26H,11H2,(H2,20,27)(H2,21,22,23,24). The number of primary amides is 1. The molecule has 2 aromatic carbocycles. The second-order valence-electron chi connectivity index (χ2n) is 5.89. The Kier molecular flexibility index (Phi) is 5.87. The van der Waals surface area contributed by atoms with Crippen molar-refractivity contribution in [3.63, 3.8) is 0 Å². The molecule has 1 aromatic heterocycles. The van der Waals surface area contributed by atoms with E-state index in [4.69, 9.17) is 5.73 Å². The number of hydrogen-bond donors (Lipinski definition) is 4. The molecule has 0 saturated heterocycles. The number of carbonyl (C=O) groups excluding carboxylic acids is 1. The fourth-order valence-corrected chi connectivity index (χ4v) is 2.51. The van der Waals surface area contributed by atoms with Crippen LogP contribution in [-0.4, -0.2) is 27.5 Å². The van der Waals surface area contributed by atoms with Gasteiger partial charge in [-0.15, -0.1) is 4.91 Å². The van der Waals surface area contributed by atoms with Crippen molar-refractivity contribution in [1.29, 1.82) is 0 Å². The Bertz CT molecular complexity index is 980. The molecule has 0 aliphatic carbocycles. The van der Waals surface area contributed by atoms with Gasteiger partial charge in [-0.05, 0) is 28.9 Å². The number of hydrogen-bond acceptors (Lipinski definition) is 8. The van der Waals surface area contributed by atoms with Crippen molar-refractivity contribution in [2.24, 2.45) is 10.9 Å². The summed E-state index contributed by atoms with van der Waals surface area (Å²) in [6.45, 7) is 0.116.